The molecule has 3 N–H and O–H groups in total. The van der Waals surface area contributed by atoms with E-state index in [1.807, 2.05) is 4.57 Å². The van der Waals surface area contributed by atoms with E-state index in [-0.39, 0.29) is 11.8 Å². The lowest BCUT2D eigenvalue weighted by Crippen LogP contribution is -2.06. The van der Waals surface area contributed by atoms with Gasteiger partial charge in [-0.1, -0.05) is 19.1 Å². The first-order chi connectivity index (χ1) is 10.7. The summed E-state index contributed by atoms with van der Waals surface area (Å²) >= 11 is 0. The largest absolute Gasteiger partial charge is 0.368 e. The number of aryl methyl sites for hydroxylation is 1. The first-order valence-corrected chi connectivity index (χ1v) is 7.14. The van der Waals surface area contributed by atoms with Gasteiger partial charge in [0.1, 0.15) is 5.82 Å². The van der Waals surface area contributed by atoms with Crippen LogP contribution in [0.3, 0.4) is 0 Å². The van der Waals surface area contributed by atoms with Gasteiger partial charge in [0, 0.05) is 13.1 Å². The summed E-state index contributed by atoms with van der Waals surface area (Å²) in [5, 5.41) is 3.19. The number of nitrogens with one attached hydrogen (secondary N) is 1. The molecule has 0 radical (unpaired) electrons. The minimum absolute atomic E-state index is 0.201. The normalized spacial score (nSPS) is 11.0. The van der Waals surface area contributed by atoms with Crippen LogP contribution < -0.4 is 11.1 Å². The summed E-state index contributed by atoms with van der Waals surface area (Å²) in [5.41, 5.74) is 8.13. The van der Waals surface area contributed by atoms with Gasteiger partial charge in [0.2, 0.25) is 5.95 Å². The molecule has 0 fully saturated rings. The third-order valence-corrected chi connectivity index (χ3v) is 3.32. The van der Waals surface area contributed by atoms with Crippen LogP contribution in [0.4, 0.5) is 16.2 Å². The maximum atomic E-state index is 12.9. The van der Waals surface area contributed by atoms with Gasteiger partial charge in [-0.2, -0.15) is 9.97 Å². The SMILES string of the molecule is CCCn1cnc2c(NCc3ccc(F)cc3)nc(N)nc21. The molecule has 0 aliphatic carbocycles. The van der Waals surface area contributed by atoms with E-state index < -0.39 is 0 Å². The zero-order valence-corrected chi connectivity index (χ0v) is 12.3. The van der Waals surface area contributed by atoms with Gasteiger partial charge in [-0.05, 0) is 24.1 Å². The summed E-state index contributed by atoms with van der Waals surface area (Å²) in [7, 11) is 0. The van der Waals surface area contributed by atoms with Crippen LogP contribution in [0.1, 0.15) is 18.9 Å². The first kappa shape index (κ1) is 14.2. The van der Waals surface area contributed by atoms with Crippen molar-refractivity contribution < 1.29 is 4.39 Å². The van der Waals surface area contributed by atoms with E-state index in [9.17, 15) is 4.39 Å². The van der Waals surface area contributed by atoms with Crippen LogP contribution in [-0.2, 0) is 13.1 Å². The van der Waals surface area contributed by atoms with Crippen LogP contribution in [0.25, 0.3) is 11.2 Å². The van der Waals surface area contributed by atoms with Gasteiger partial charge < -0.3 is 15.6 Å². The Balaban J connectivity index is 1.88. The number of nitrogen functional groups attached to an aromatic ring is 1. The molecule has 114 valence electrons. The van der Waals surface area contributed by atoms with Gasteiger partial charge in [-0.3, -0.25) is 0 Å². The average molecular weight is 300 g/mol. The van der Waals surface area contributed by atoms with E-state index in [4.69, 9.17) is 5.73 Å². The summed E-state index contributed by atoms with van der Waals surface area (Å²) in [5.74, 6) is 0.532. The fraction of sp³-hybridized carbons (Fsp3) is 0.267. The second-order valence-electron chi connectivity index (χ2n) is 5.02. The van der Waals surface area contributed by atoms with Crippen molar-refractivity contribution >= 4 is 22.9 Å². The Hall–Kier alpha value is -2.70. The number of anilines is 2. The minimum Gasteiger partial charge on any atom is -0.368 e. The number of imidazole rings is 1. The molecule has 0 aliphatic heterocycles. The second-order valence-corrected chi connectivity index (χ2v) is 5.02. The van der Waals surface area contributed by atoms with Crippen molar-refractivity contribution in [3.8, 4) is 0 Å². The standard InChI is InChI=1S/C15H17FN6/c1-2-7-22-9-19-12-13(20-15(17)21-14(12)22)18-8-10-3-5-11(16)6-4-10/h3-6,9H,2,7-8H2,1H3,(H3,17,18,20,21). The predicted octanol–water partition coefficient (Wildman–Crippen LogP) is 2.57. The number of nitrogens with zero attached hydrogens (tertiary/aromatic N) is 4. The van der Waals surface area contributed by atoms with E-state index in [0.29, 0.717) is 17.9 Å². The van der Waals surface area contributed by atoms with E-state index in [1.54, 1.807) is 18.5 Å². The van der Waals surface area contributed by atoms with Crippen LogP contribution in [0.2, 0.25) is 0 Å². The van der Waals surface area contributed by atoms with Gasteiger partial charge in [0.15, 0.2) is 17.0 Å². The Morgan fingerprint density at radius 1 is 1.23 bits per heavy atom. The molecule has 0 atom stereocenters. The summed E-state index contributed by atoms with van der Waals surface area (Å²) in [4.78, 5) is 12.8. The molecule has 0 aliphatic rings. The quantitative estimate of drug-likeness (QED) is 0.757. The number of benzene rings is 1. The summed E-state index contributed by atoms with van der Waals surface area (Å²) < 4.78 is 14.9. The average Bonchev–Trinajstić information content (AvgIpc) is 2.90. The van der Waals surface area contributed by atoms with E-state index in [1.165, 1.54) is 12.1 Å². The van der Waals surface area contributed by atoms with E-state index >= 15 is 0 Å². The zero-order valence-electron chi connectivity index (χ0n) is 12.3. The molecule has 2 aromatic heterocycles. The lowest BCUT2D eigenvalue weighted by molar-refractivity contribution is 0.627. The number of hydrogen-bond acceptors (Lipinski definition) is 5. The highest BCUT2D eigenvalue weighted by Gasteiger charge is 2.11. The molecule has 0 unspecified atom stereocenters. The molecule has 0 bridgehead atoms. The molecular formula is C15H17FN6. The Morgan fingerprint density at radius 3 is 2.73 bits per heavy atom. The lowest BCUT2D eigenvalue weighted by atomic mass is 10.2. The molecule has 6 nitrogen and oxygen atoms in total. The smallest absolute Gasteiger partial charge is 0.224 e. The third kappa shape index (κ3) is 2.83. The number of aromatic nitrogens is 4. The predicted molar refractivity (Wildman–Crippen MR) is 83.8 cm³/mol. The van der Waals surface area contributed by atoms with Crippen molar-refractivity contribution in [2.45, 2.75) is 26.4 Å². The number of halogens is 1. The molecule has 0 saturated heterocycles. The fourth-order valence-corrected chi connectivity index (χ4v) is 2.28. The molecule has 0 spiro atoms. The molecule has 3 aromatic rings. The van der Waals surface area contributed by atoms with Crippen LogP contribution in [0.5, 0.6) is 0 Å². The molecular weight excluding hydrogens is 283 g/mol. The Bertz CT molecular complexity index is 781. The van der Waals surface area contributed by atoms with Gasteiger partial charge in [0.25, 0.3) is 0 Å². The maximum absolute atomic E-state index is 12.9. The highest BCUT2D eigenvalue weighted by atomic mass is 19.1. The van der Waals surface area contributed by atoms with Crippen LogP contribution in [0.15, 0.2) is 30.6 Å². The highest BCUT2D eigenvalue weighted by Crippen LogP contribution is 2.20. The van der Waals surface area contributed by atoms with Crippen molar-refractivity contribution in [2.75, 3.05) is 11.1 Å². The molecule has 0 amide bonds. The fourth-order valence-electron chi connectivity index (χ4n) is 2.28. The second kappa shape index (κ2) is 5.97. The molecule has 3 rings (SSSR count). The van der Waals surface area contributed by atoms with Gasteiger partial charge in [-0.15, -0.1) is 0 Å². The topological polar surface area (TPSA) is 81.7 Å². The van der Waals surface area contributed by atoms with E-state index in [0.717, 1.165) is 24.2 Å². The van der Waals surface area contributed by atoms with Gasteiger partial charge >= 0.3 is 0 Å². The molecule has 0 saturated carbocycles. The molecule has 7 heteroatoms. The Labute approximate surface area is 127 Å². The van der Waals surface area contributed by atoms with Crippen molar-refractivity contribution in [2.24, 2.45) is 0 Å². The molecule has 22 heavy (non-hydrogen) atoms. The van der Waals surface area contributed by atoms with Gasteiger partial charge in [0.05, 0.1) is 6.33 Å². The zero-order chi connectivity index (χ0) is 15.5. The monoisotopic (exact) mass is 300 g/mol. The van der Waals surface area contributed by atoms with Crippen molar-refractivity contribution in [3.05, 3.63) is 42.0 Å². The summed E-state index contributed by atoms with van der Waals surface area (Å²) in [6.45, 7) is 3.42. The van der Waals surface area contributed by atoms with Crippen LogP contribution >= 0.6 is 0 Å². The molecule has 2 heterocycles. The van der Waals surface area contributed by atoms with Crippen molar-refractivity contribution in [1.82, 2.24) is 19.5 Å². The maximum Gasteiger partial charge on any atom is 0.224 e. The summed E-state index contributed by atoms with van der Waals surface area (Å²) in [6.07, 6.45) is 2.72. The van der Waals surface area contributed by atoms with Crippen molar-refractivity contribution in [1.29, 1.82) is 0 Å². The number of fused-ring (bicyclic) bond motifs is 1. The molecule has 1 aromatic carbocycles. The van der Waals surface area contributed by atoms with E-state index in [2.05, 4.69) is 27.2 Å². The van der Waals surface area contributed by atoms with Crippen LogP contribution in [0, 0.1) is 5.82 Å². The first-order valence-electron chi connectivity index (χ1n) is 7.14. The number of rotatable bonds is 5. The number of nitrogens with two attached hydrogens (primary N) is 1. The Morgan fingerprint density at radius 2 is 2.00 bits per heavy atom. The lowest BCUT2D eigenvalue weighted by Gasteiger charge is -2.08. The third-order valence-electron chi connectivity index (χ3n) is 3.32. The summed E-state index contributed by atoms with van der Waals surface area (Å²) in [6, 6.07) is 6.30. The highest BCUT2D eigenvalue weighted by molar-refractivity contribution is 5.84. The Kier molecular flexibility index (Phi) is 3.86. The van der Waals surface area contributed by atoms with Crippen molar-refractivity contribution in [3.63, 3.8) is 0 Å². The van der Waals surface area contributed by atoms with Gasteiger partial charge in [-0.25, -0.2) is 9.37 Å². The minimum atomic E-state index is -0.254. The number of hydrogen-bond donors (Lipinski definition) is 2. The van der Waals surface area contributed by atoms with Crippen LogP contribution in [-0.4, -0.2) is 19.5 Å².